The molecule has 1 aliphatic heterocycles. The van der Waals surface area contributed by atoms with Gasteiger partial charge >= 0.3 is 0 Å². The standard InChI is InChI=1S/C25H25N5O2/c1-2-8-20(24-28-27-22-13-5-6-14-29(22)24)26-25(32)18-15-23(31)30(16-18)21-12-7-10-17-9-3-4-11-19(17)21/h3-7,9-14,18,20H,2,8,15-16H2,1H3,(H,26,32). The molecule has 2 aromatic carbocycles. The molecule has 5 rings (SSSR count). The van der Waals surface area contributed by atoms with Crippen LogP contribution in [0.25, 0.3) is 16.4 Å². The van der Waals surface area contributed by atoms with Gasteiger partial charge in [-0.3, -0.25) is 14.0 Å². The van der Waals surface area contributed by atoms with Crippen molar-refractivity contribution in [3.63, 3.8) is 0 Å². The molecule has 2 atom stereocenters. The largest absolute Gasteiger partial charge is 0.346 e. The molecule has 32 heavy (non-hydrogen) atoms. The molecule has 0 spiro atoms. The quantitative estimate of drug-likeness (QED) is 0.506. The lowest BCUT2D eigenvalue weighted by Crippen LogP contribution is -2.36. The summed E-state index contributed by atoms with van der Waals surface area (Å²) in [6, 6.07) is 19.4. The predicted molar refractivity (Wildman–Crippen MR) is 123 cm³/mol. The molecule has 7 heteroatoms. The Labute approximate surface area is 186 Å². The second-order valence-corrected chi connectivity index (χ2v) is 8.24. The maximum atomic E-state index is 13.2. The highest BCUT2D eigenvalue weighted by atomic mass is 16.2. The zero-order valence-electron chi connectivity index (χ0n) is 17.9. The monoisotopic (exact) mass is 427 g/mol. The van der Waals surface area contributed by atoms with Crippen LogP contribution in [-0.4, -0.2) is 33.0 Å². The molecule has 2 aromatic heterocycles. The number of amides is 2. The Morgan fingerprint density at radius 2 is 1.91 bits per heavy atom. The Kier molecular flexibility index (Phi) is 5.31. The number of pyridine rings is 1. The Hall–Kier alpha value is -3.74. The second kappa shape index (κ2) is 8.42. The van der Waals surface area contributed by atoms with Gasteiger partial charge in [-0.25, -0.2) is 0 Å². The Bertz CT molecular complexity index is 1290. The number of carbonyl (C=O) groups excluding carboxylic acids is 2. The van der Waals surface area contributed by atoms with Crippen molar-refractivity contribution in [3.05, 3.63) is 72.7 Å². The minimum atomic E-state index is -0.403. The normalized spacial score (nSPS) is 17.2. The van der Waals surface area contributed by atoms with Gasteiger partial charge in [0.15, 0.2) is 11.5 Å². The summed E-state index contributed by atoms with van der Waals surface area (Å²) in [4.78, 5) is 27.8. The van der Waals surface area contributed by atoms with Gasteiger partial charge in [0.1, 0.15) is 0 Å². The first-order valence-corrected chi connectivity index (χ1v) is 11.0. The lowest BCUT2D eigenvalue weighted by Gasteiger charge is -2.21. The van der Waals surface area contributed by atoms with Gasteiger partial charge in [0.2, 0.25) is 11.8 Å². The maximum Gasteiger partial charge on any atom is 0.227 e. The van der Waals surface area contributed by atoms with Crippen molar-refractivity contribution in [3.8, 4) is 0 Å². The van der Waals surface area contributed by atoms with Gasteiger partial charge in [-0.05, 0) is 30.0 Å². The van der Waals surface area contributed by atoms with E-state index in [2.05, 4.69) is 22.4 Å². The van der Waals surface area contributed by atoms with Crippen LogP contribution in [0, 0.1) is 5.92 Å². The summed E-state index contributed by atoms with van der Waals surface area (Å²) in [7, 11) is 0. The Morgan fingerprint density at radius 1 is 1.09 bits per heavy atom. The highest BCUT2D eigenvalue weighted by Crippen LogP contribution is 2.32. The van der Waals surface area contributed by atoms with Crippen LogP contribution in [-0.2, 0) is 9.59 Å². The van der Waals surface area contributed by atoms with Crippen LogP contribution >= 0.6 is 0 Å². The van der Waals surface area contributed by atoms with Gasteiger partial charge in [0.25, 0.3) is 0 Å². The van der Waals surface area contributed by atoms with E-state index in [1.807, 2.05) is 71.3 Å². The molecule has 3 heterocycles. The fourth-order valence-corrected chi connectivity index (χ4v) is 4.50. The number of rotatable bonds is 6. The second-order valence-electron chi connectivity index (χ2n) is 8.24. The molecule has 0 saturated carbocycles. The maximum absolute atomic E-state index is 13.2. The molecule has 0 aliphatic carbocycles. The van der Waals surface area contributed by atoms with Crippen LogP contribution in [0.15, 0.2) is 66.9 Å². The molecule has 162 valence electrons. The molecule has 7 nitrogen and oxygen atoms in total. The molecule has 1 saturated heterocycles. The average molecular weight is 428 g/mol. The van der Waals surface area contributed by atoms with Crippen LogP contribution < -0.4 is 10.2 Å². The van der Waals surface area contributed by atoms with E-state index in [9.17, 15) is 9.59 Å². The number of nitrogens with one attached hydrogen (secondary N) is 1. The van der Waals surface area contributed by atoms with Gasteiger partial charge < -0.3 is 10.2 Å². The molecule has 0 bridgehead atoms. The van der Waals surface area contributed by atoms with E-state index in [0.717, 1.165) is 34.9 Å². The summed E-state index contributed by atoms with van der Waals surface area (Å²) in [6.45, 7) is 2.45. The van der Waals surface area contributed by atoms with E-state index in [1.165, 1.54) is 0 Å². The van der Waals surface area contributed by atoms with Gasteiger partial charge in [0.05, 0.1) is 17.6 Å². The third-order valence-corrected chi connectivity index (χ3v) is 6.10. The van der Waals surface area contributed by atoms with Crippen LogP contribution in [0.3, 0.4) is 0 Å². The van der Waals surface area contributed by atoms with Crippen LogP contribution in [0.1, 0.15) is 38.1 Å². The SMILES string of the molecule is CCCC(NC(=O)C1CC(=O)N(c2cccc3ccccc23)C1)c1nnc2ccccn12. The van der Waals surface area contributed by atoms with Crippen molar-refractivity contribution in [2.75, 3.05) is 11.4 Å². The smallest absolute Gasteiger partial charge is 0.227 e. The topological polar surface area (TPSA) is 79.6 Å². The summed E-state index contributed by atoms with van der Waals surface area (Å²) in [5, 5.41) is 13.8. The number of benzene rings is 2. The van der Waals surface area contributed by atoms with Gasteiger partial charge in [-0.1, -0.05) is 55.8 Å². The summed E-state index contributed by atoms with van der Waals surface area (Å²) in [5.41, 5.74) is 1.60. The summed E-state index contributed by atoms with van der Waals surface area (Å²) < 4.78 is 1.91. The number of carbonyl (C=O) groups is 2. The first-order valence-electron chi connectivity index (χ1n) is 11.0. The van der Waals surface area contributed by atoms with Gasteiger partial charge in [0, 0.05) is 24.5 Å². The van der Waals surface area contributed by atoms with Gasteiger partial charge in [-0.15, -0.1) is 10.2 Å². The first-order chi connectivity index (χ1) is 15.7. The average Bonchev–Trinajstić information content (AvgIpc) is 3.42. The third kappa shape index (κ3) is 3.60. The highest BCUT2D eigenvalue weighted by molar-refractivity contribution is 6.07. The number of hydrogen-bond acceptors (Lipinski definition) is 4. The molecule has 2 amide bonds. The lowest BCUT2D eigenvalue weighted by molar-refractivity contribution is -0.127. The molecule has 1 N–H and O–H groups in total. The van der Waals surface area contributed by atoms with Crippen molar-refractivity contribution in [1.29, 1.82) is 0 Å². The molecule has 1 fully saturated rings. The van der Waals surface area contributed by atoms with E-state index >= 15 is 0 Å². The molecular weight excluding hydrogens is 402 g/mol. The van der Waals surface area contributed by atoms with Gasteiger partial charge in [-0.2, -0.15) is 0 Å². The van der Waals surface area contributed by atoms with Crippen LogP contribution in [0.5, 0.6) is 0 Å². The number of aromatic nitrogens is 3. The lowest BCUT2D eigenvalue weighted by atomic mass is 10.1. The number of anilines is 1. The molecular formula is C25H25N5O2. The van der Waals surface area contributed by atoms with Crippen molar-refractivity contribution in [2.45, 2.75) is 32.2 Å². The van der Waals surface area contributed by atoms with E-state index in [0.29, 0.717) is 12.4 Å². The summed E-state index contributed by atoms with van der Waals surface area (Å²) in [6.07, 6.45) is 3.74. The molecule has 1 aliphatic rings. The van der Waals surface area contributed by atoms with Crippen molar-refractivity contribution < 1.29 is 9.59 Å². The predicted octanol–water partition coefficient (Wildman–Crippen LogP) is 3.89. The number of nitrogens with zero attached hydrogens (tertiary/aromatic N) is 4. The van der Waals surface area contributed by atoms with E-state index in [1.54, 1.807) is 4.90 Å². The number of hydrogen-bond donors (Lipinski definition) is 1. The third-order valence-electron chi connectivity index (χ3n) is 6.10. The zero-order valence-corrected chi connectivity index (χ0v) is 17.9. The molecule has 0 radical (unpaired) electrons. The number of fused-ring (bicyclic) bond motifs is 2. The van der Waals surface area contributed by atoms with E-state index in [-0.39, 0.29) is 24.3 Å². The molecule has 2 unspecified atom stereocenters. The minimum absolute atomic E-state index is 0.0264. The van der Waals surface area contributed by atoms with E-state index in [4.69, 9.17) is 0 Å². The van der Waals surface area contributed by atoms with E-state index < -0.39 is 5.92 Å². The van der Waals surface area contributed by atoms with Crippen molar-refractivity contribution in [1.82, 2.24) is 19.9 Å². The first kappa shape index (κ1) is 20.2. The summed E-state index contributed by atoms with van der Waals surface area (Å²) in [5.74, 6) is 0.166. The fourth-order valence-electron chi connectivity index (χ4n) is 4.50. The van der Waals surface area contributed by atoms with Crippen LogP contribution in [0.4, 0.5) is 5.69 Å². The zero-order chi connectivity index (χ0) is 22.1. The minimum Gasteiger partial charge on any atom is -0.346 e. The highest BCUT2D eigenvalue weighted by Gasteiger charge is 2.36. The fraction of sp³-hybridized carbons (Fsp3) is 0.280. The molecule has 4 aromatic rings. The van der Waals surface area contributed by atoms with Crippen LogP contribution in [0.2, 0.25) is 0 Å². The van der Waals surface area contributed by atoms with Crippen molar-refractivity contribution in [2.24, 2.45) is 5.92 Å². The summed E-state index contributed by atoms with van der Waals surface area (Å²) >= 11 is 0. The Balaban J connectivity index is 1.37. The Morgan fingerprint density at radius 3 is 2.78 bits per heavy atom. The van der Waals surface area contributed by atoms with Crippen molar-refractivity contribution >= 4 is 33.9 Å².